The Morgan fingerprint density at radius 3 is 3.00 bits per heavy atom. The number of rotatable bonds is 3. The number of nitrogens with one attached hydrogen (secondary N) is 1. The lowest BCUT2D eigenvalue weighted by atomic mass is 10.1. The van der Waals surface area contributed by atoms with E-state index in [2.05, 4.69) is 5.32 Å². The van der Waals surface area contributed by atoms with Gasteiger partial charge in [0, 0.05) is 11.5 Å². The number of fused-ring (bicyclic) bond motifs is 1. The molecule has 0 amide bonds. The number of thiophene rings is 1. The summed E-state index contributed by atoms with van der Waals surface area (Å²) in [5.41, 5.74) is 1.35. The highest BCUT2D eigenvalue weighted by Gasteiger charge is 2.27. The van der Waals surface area contributed by atoms with Crippen LogP contribution < -0.4 is 5.32 Å². The number of carboxylic acid groups (broad SMARTS) is 1. The maximum Gasteiger partial charge on any atom is 0.338 e. The first-order chi connectivity index (χ1) is 9.25. The summed E-state index contributed by atoms with van der Waals surface area (Å²) < 4.78 is 11.0. The van der Waals surface area contributed by atoms with Gasteiger partial charge >= 0.3 is 5.97 Å². The molecule has 0 aliphatic carbocycles. The summed E-state index contributed by atoms with van der Waals surface area (Å²) in [5.74, 6) is -0.863. The number of carboxylic acids is 1. The molecule has 1 saturated heterocycles. The lowest BCUT2D eigenvalue weighted by Crippen LogP contribution is -2.27. The third-order valence-electron chi connectivity index (χ3n) is 3.51. The zero-order valence-corrected chi connectivity index (χ0v) is 11.4. The molecule has 2 aliphatic rings. The molecule has 2 aliphatic heterocycles. The van der Waals surface area contributed by atoms with Gasteiger partial charge in [0.05, 0.1) is 18.8 Å². The first kappa shape index (κ1) is 12.9. The first-order valence-corrected chi connectivity index (χ1v) is 7.41. The Bertz CT molecular complexity index is 479. The molecule has 19 heavy (non-hydrogen) atoms. The summed E-state index contributed by atoms with van der Waals surface area (Å²) in [7, 11) is 0. The predicted octanol–water partition coefficient (Wildman–Crippen LogP) is 2.46. The largest absolute Gasteiger partial charge is 0.478 e. The SMILES string of the molecule is O=C(O)c1c(NC2CCCCO2)sc2c1CCOC2. The molecule has 1 unspecified atom stereocenters. The molecule has 0 aromatic carbocycles. The van der Waals surface area contributed by atoms with E-state index in [-0.39, 0.29) is 6.23 Å². The summed E-state index contributed by atoms with van der Waals surface area (Å²) in [6.07, 6.45) is 3.75. The minimum absolute atomic E-state index is 0.0622. The fraction of sp³-hybridized carbons (Fsp3) is 0.615. The van der Waals surface area contributed by atoms with E-state index in [1.165, 1.54) is 11.3 Å². The van der Waals surface area contributed by atoms with Crippen LogP contribution in [0.3, 0.4) is 0 Å². The molecule has 0 saturated carbocycles. The van der Waals surface area contributed by atoms with Gasteiger partial charge < -0.3 is 19.9 Å². The van der Waals surface area contributed by atoms with Crippen LogP contribution in [0.15, 0.2) is 0 Å². The van der Waals surface area contributed by atoms with Crippen LogP contribution in [0.25, 0.3) is 0 Å². The Labute approximate surface area is 115 Å². The van der Waals surface area contributed by atoms with Crippen molar-refractivity contribution in [2.24, 2.45) is 0 Å². The molecule has 1 aromatic rings. The molecule has 6 heteroatoms. The van der Waals surface area contributed by atoms with Gasteiger partial charge in [-0.1, -0.05) is 0 Å². The number of hydrogen-bond acceptors (Lipinski definition) is 5. The highest BCUT2D eigenvalue weighted by molar-refractivity contribution is 7.16. The second-order valence-corrected chi connectivity index (χ2v) is 5.92. The van der Waals surface area contributed by atoms with Gasteiger partial charge in [-0.25, -0.2) is 4.79 Å². The van der Waals surface area contributed by atoms with Gasteiger partial charge in [0.15, 0.2) is 0 Å². The number of anilines is 1. The standard InChI is InChI=1S/C13H17NO4S/c15-13(16)11-8-4-6-17-7-9(8)19-12(11)14-10-3-1-2-5-18-10/h10,14H,1-7H2,(H,15,16). The van der Waals surface area contributed by atoms with Crippen LogP contribution in [0.2, 0.25) is 0 Å². The third-order valence-corrected chi connectivity index (χ3v) is 4.64. The number of hydrogen-bond donors (Lipinski definition) is 2. The molecule has 2 N–H and O–H groups in total. The lowest BCUT2D eigenvalue weighted by molar-refractivity contribution is 0.0344. The van der Waals surface area contributed by atoms with Crippen molar-refractivity contribution in [2.75, 3.05) is 18.5 Å². The quantitative estimate of drug-likeness (QED) is 0.892. The zero-order valence-electron chi connectivity index (χ0n) is 10.6. The van der Waals surface area contributed by atoms with Crippen LogP contribution in [-0.2, 0) is 22.5 Å². The van der Waals surface area contributed by atoms with E-state index >= 15 is 0 Å². The normalized spacial score (nSPS) is 22.8. The van der Waals surface area contributed by atoms with Crippen molar-refractivity contribution in [1.82, 2.24) is 0 Å². The van der Waals surface area contributed by atoms with Gasteiger partial charge in [-0.2, -0.15) is 0 Å². The summed E-state index contributed by atoms with van der Waals surface area (Å²) in [4.78, 5) is 12.5. The van der Waals surface area contributed by atoms with Crippen molar-refractivity contribution in [1.29, 1.82) is 0 Å². The molecule has 5 nitrogen and oxygen atoms in total. The molecule has 3 rings (SSSR count). The van der Waals surface area contributed by atoms with Gasteiger partial charge in [0.25, 0.3) is 0 Å². The van der Waals surface area contributed by atoms with Crippen molar-refractivity contribution in [3.05, 3.63) is 16.0 Å². The van der Waals surface area contributed by atoms with E-state index in [1.807, 2.05) is 0 Å². The second kappa shape index (κ2) is 5.48. The highest BCUT2D eigenvalue weighted by Crippen LogP contribution is 2.37. The molecule has 0 radical (unpaired) electrons. The monoisotopic (exact) mass is 283 g/mol. The Morgan fingerprint density at radius 1 is 1.37 bits per heavy atom. The molecular formula is C13H17NO4S. The van der Waals surface area contributed by atoms with Crippen LogP contribution in [0.4, 0.5) is 5.00 Å². The van der Waals surface area contributed by atoms with Gasteiger partial charge in [0.2, 0.25) is 0 Å². The molecule has 0 spiro atoms. The summed E-state index contributed by atoms with van der Waals surface area (Å²) in [5, 5.41) is 13.4. The number of carbonyl (C=O) groups is 1. The maximum atomic E-state index is 11.5. The smallest absolute Gasteiger partial charge is 0.338 e. The summed E-state index contributed by atoms with van der Waals surface area (Å²) >= 11 is 1.49. The zero-order chi connectivity index (χ0) is 13.2. The Kier molecular flexibility index (Phi) is 3.72. The second-order valence-electron chi connectivity index (χ2n) is 4.82. The molecule has 1 aromatic heterocycles. The minimum Gasteiger partial charge on any atom is -0.478 e. The van der Waals surface area contributed by atoms with E-state index in [4.69, 9.17) is 9.47 Å². The van der Waals surface area contributed by atoms with Crippen LogP contribution in [0, 0.1) is 0 Å². The van der Waals surface area contributed by atoms with Gasteiger partial charge in [-0.3, -0.25) is 0 Å². The maximum absolute atomic E-state index is 11.5. The summed E-state index contributed by atoms with van der Waals surface area (Å²) in [6.45, 7) is 1.87. The van der Waals surface area contributed by atoms with E-state index in [0.717, 1.165) is 41.3 Å². The van der Waals surface area contributed by atoms with E-state index < -0.39 is 5.97 Å². The van der Waals surface area contributed by atoms with Crippen molar-refractivity contribution < 1.29 is 19.4 Å². The number of ether oxygens (including phenoxy) is 2. The Hall–Kier alpha value is -1.11. The van der Waals surface area contributed by atoms with Crippen molar-refractivity contribution >= 4 is 22.3 Å². The average Bonchev–Trinajstić information content (AvgIpc) is 2.77. The topological polar surface area (TPSA) is 67.8 Å². The van der Waals surface area contributed by atoms with Gasteiger partial charge in [-0.05, 0) is 31.2 Å². The fourth-order valence-electron chi connectivity index (χ4n) is 2.56. The number of aromatic carboxylic acids is 1. The summed E-state index contributed by atoms with van der Waals surface area (Å²) in [6, 6.07) is 0. The van der Waals surface area contributed by atoms with Crippen LogP contribution in [-0.4, -0.2) is 30.5 Å². The van der Waals surface area contributed by atoms with Crippen LogP contribution in [0.1, 0.15) is 40.1 Å². The molecule has 3 heterocycles. The molecule has 1 atom stereocenters. The highest BCUT2D eigenvalue weighted by atomic mass is 32.1. The van der Waals surface area contributed by atoms with Gasteiger partial charge in [-0.15, -0.1) is 11.3 Å². The van der Waals surface area contributed by atoms with Crippen molar-refractivity contribution in [2.45, 2.75) is 38.5 Å². The Morgan fingerprint density at radius 2 is 2.26 bits per heavy atom. The van der Waals surface area contributed by atoms with Crippen molar-refractivity contribution in [3.8, 4) is 0 Å². The molecule has 1 fully saturated rings. The third kappa shape index (κ3) is 2.61. The van der Waals surface area contributed by atoms with Crippen molar-refractivity contribution in [3.63, 3.8) is 0 Å². The minimum atomic E-state index is -0.863. The molecule has 0 bridgehead atoms. The van der Waals surface area contributed by atoms with E-state index in [9.17, 15) is 9.90 Å². The first-order valence-electron chi connectivity index (χ1n) is 6.59. The average molecular weight is 283 g/mol. The molecular weight excluding hydrogens is 266 g/mol. The van der Waals surface area contributed by atoms with Crippen LogP contribution in [0.5, 0.6) is 0 Å². The lowest BCUT2D eigenvalue weighted by Gasteiger charge is -2.24. The predicted molar refractivity (Wildman–Crippen MR) is 71.9 cm³/mol. The fourth-order valence-corrected chi connectivity index (χ4v) is 3.78. The Balaban J connectivity index is 1.87. The van der Waals surface area contributed by atoms with E-state index in [0.29, 0.717) is 25.2 Å². The van der Waals surface area contributed by atoms with Crippen LogP contribution >= 0.6 is 11.3 Å². The molecule has 104 valence electrons. The van der Waals surface area contributed by atoms with E-state index in [1.54, 1.807) is 0 Å². The van der Waals surface area contributed by atoms with Gasteiger partial charge in [0.1, 0.15) is 11.2 Å².